The monoisotopic (exact) mass is 252 g/mol. The largest absolute Gasteiger partial charge is 0.378 e. The number of carbonyl (C=O) groups is 1. The van der Waals surface area contributed by atoms with E-state index in [-0.39, 0.29) is 5.91 Å². The molecule has 1 aromatic rings. The van der Waals surface area contributed by atoms with Crippen LogP contribution in [0.25, 0.3) is 0 Å². The maximum atomic E-state index is 11.7. The smallest absolute Gasteiger partial charge is 0.224 e. The van der Waals surface area contributed by atoms with E-state index in [0.717, 1.165) is 30.8 Å². The highest BCUT2D eigenvalue weighted by molar-refractivity contribution is 7.09. The van der Waals surface area contributed by atoms with Gasteiger partial charge >= 0.3 is 0 Å². The Morgan fingerprint density at radius 3 is 2.82 bits per heavy atom. The summed E-state index contributed by atoms with van der Waals surface area (Å²) in [5.74, 6) is 0.770. The molecule has 0 fully saturated rings. The summed E-state index contributed by atoms with van der Waals surface area (Å²) >= 11 is 1.65. The Morgan fingerprint density at radius 1 is 1.53 bits per heavy atom. The molecule has 0 saturated carbocycles. The second-order valence-corrected chi connectivity index (χ2v) is 5.37. The van der Waals surface area contributed by atoms with Crippen molar-refractivity contribution in [3.63, 3.8) is 0 Å². The molecule has 17 heavy (non-hydrogen) atoms. The molecule has 1 atom stereocenters. The van der Waals surface area contributed by atoms with Crippen LogP contribution in [-0.4, -0.2) is 18.5 Å². The molecule has 1 aromatic heterocycles. The Kier molecular flexibility index (Phi) is 3.72. The molecular formula is C13H20N2OS. The van der Waals surface area contributed by atoms with Crippen LogP contribution >= 0.6 is 11.3 Å². The molecule has 0 aliphatic carbocycles. The third kappa shape index (κ3) is 2.32. The maximum Gasteiger partial charge on any atom is 0.224 e. The van der Waals surface area contributed by atoms with Gasteiger partial charge in [-0.2, -0.15) is 0 Å². The first-order valence-corrected chi connectivity index (χ1v) is 7.22. The molecule has 1 aliphatic rings. The molecular weight excluding hydrogens is 232 g/mol. The van der Waals surface area contributed by atoms with Gasteiger partial charge < -0.3 is 10.2 Å². The van der Waals surface area contributed by atoms with Crippen molar-refractivity contribution in [2.45, 2.75) is 39.7 Å². The zero-order valence-corrected chi connectivity index (χ0v) is 11.5. The number of amides is 1. The Labute approximate surface area is 107 Å². The van der Waals surface area contributed by atoms with E-state index in [0.29, 0.717) is 12.0 Å². The molecule has 1 aliphatic heterocycles. The molecule has 0 spiro atoms. The van der Waals surface area contributed by atoms with Crippen LogP contribution < -0.4 is 10.2 Å². The lowest BCUT2D eigenvalue weighted by Gasteiger charge is -2.37. The van der Waals surface area contributed by atoms with E-state index >= 15 is 0 Å². The normalized spacial score (nSPS) is 19.1. The summed E-state index contributed by atoms with van der Waals surface area (Å²) in [6, 6.07) is 0.385. The van der Waals surface area contributed by atoms with Crippen molar-refractivity contribution in [1.82, 2.24) is 0 Å². The van der Waals surface area contributed by atoms with E-state index in [4.69, 9.17) is 0 Å². The molecule has 0 aromatic carbocycles. The van der Waals surface area contributed by atoms with Gasteiger partial charge in [0.1, 0.15) is 0 Å². The van der Waals surface area contributed by atoms with Crippen molar-refractivity contribution in [2.75, 3.05) is 16.8 Å². The lowest BCUT2D eigenvalue weighted by atomic mass is 9.92. The van der Waals surface area contributed by atoms with Gasteiger partial charge in [0.15, 0.2) is 0 Å². The Morgan fingerprint density at radius 2 is 2.24 bits per heavy atom. The Bertz CT molecular complexity index is 398. The topological polar surface area (TPSA) is 32.3 Å². The van der Waals surface area contributed by atoms with Crippen LogP contribution in [0.4, 0.5) is 11.4 Å². The molecule has 1 N–H and O–H groups in total. The van der Waals surface area contributed by atoms with Crippen molar-refractivity contribution in [3.8, 4) is 0 Å². The molecule has 0 radical (unpaired) electrons. The minimum atomic E-state index is 0.141. The molecule has 0 saturated heterocycles. The standard InChI is InChI=1S/C13H20N2OS/c1-4-10(5-2)11-6-15(9(3)16)13-8-17-7-12(13)14-11/h7-8,10-11,14H,4-6H2,1-3H3. The molecule has 3 nitrogen and oxygen atoms in total. The lowest BCUT2D eigenvalue weighted by Crippen LogP contribution is -2.46. The van der Waals surface area contributed by atoms with E-state index in [1.54, 1.807) is 18.3 Å². The van der Waals surface area contributed by atoms with Gasteiger partial charge in [-0.25, -0.2) is 0 Å². The first-order valence-electron chi connectivity index (χ1n) is 6.28. The van der Waals surface area contributed by atoms with E-state index < -0.39 is 0 Å². The van der Waals surface area contributed by atoms with Crippen molar-refractivity contribution in [1.29, 1.82) is 0 Å². The number of carbonyl (C=O) groups excluding carboxylic acids is 1. The molecule has 1 amide bonds. The van der Waals surface area contributed by atoms with Gasteiger partial charge in [-0.05, 0) is 5.92 Å². The third-order valence-corrected chi connectivity index (χ3v) is 4.38. The van der Waals surface area contributed by atoms with Crippen LogP contribution in [-0.2, 0) is 4.79 Å². The van der Waals surface area contributed by atoms with Crippen LogP contribution in [0, 0.1) is 5.92 Å². The molecule has 2 heterocycles. The van der Waals surface area contributed by atoms with E-state index in [9.17, 15) is 4.79 Å². The summed E-state index contributed by atoms with van der Waals surface area (Å²) in [5.41, 5.74) is 2.16. The molecule has 2 rings (SSSR count). The average molecular weight is 252 g/mol. The third-order valence-electron chi connectivity index (χ3n) is 3.65. The number of nitrogens with zero attached hydrogens (tertiary/aromatic N) is 1. The van der Waals surface area contributed by atoms with Crippen LogP contribution in [0.3, 0.4) is 0 Å². The predicted octanol–water partition coefficient (Wildman–Crippen LogP) is 3.33. The minimum Gasteiger partial charge on any atom is -0.378 e. The van der Waals surface area contributed by atoms with Crippen LogP contribution in [0.15, 0.2) is 10.8 Å². The highest BCUT2D eigenvalue weighted by Gasteiger charge is 2.30. The number of rotatable bonds is 3. The fourth-order valence-corrected chi connectivity index (χ4v) is 3.35. The summed E-state index contributed by atoms with van der Waals surface area (Å²) in [4.78, 5) is 13.6. The maximum absolute atomic E-state index is 11.7. The number of nitrogens with one attached hydrogen (secondary N) is 1. The minimum absolute atomic E-state index is 0.141. The molecule has 0 bridgehead atoms. The van der Waals surface area contributed by atoms with Gasteiger partial charge in [-0.3, -0.25) is 4.79 Å². The Balaban J connectivity index is 2.25. The summed E-state index contributed by atoms with van der Waals surface area (Å²) in [5, 5.41) is 7.73. The summed E-state index contributed by atoms with van der Waals surface area (Å²) in [6.07, 6.45) is 2.30. The van der Waals surface area contributed by atoms with Gasteiger partial charge in [0.2, 0.25) is 5.91 Å². The zero-order valence-electron chi connectivity index (χ0n) is 10.7. The molecule has 4 heteroatoms. The average Bonchev–Trinajstić information content (AvgIpc) is 2.77. The van der Waals surface area contributed by atoms with Crippen LogP contribution in [0.1, 0.15) is 33.6 Å². The van der Waals surface area contributed by atoms with Gasteiger partial charge in [0.05, 0.1) is 11.4 Å². The van der Waals surface area contributed by atoms with Crippen molar-refractivity contribution in [2.24, 2.45) is 5.92 Å². The van der Waals surface area contributed by atoms with Gasteiger partial charge in [0, 0.05) is 30.3 Å². The van der Waals surface area contributed by atoms with Crippen molar-refractivity contribution >= 4 is 28.6 Å². The fraction of sp³-hybridized carbons (Fsp3) is 0.615. The number of fused-ring (bicyclic) bond motifs is 1. The van der Waals surface area contributed by atoms with Gasteiger partial charge in [0.25, 0.3) is 0 Å². The summed E-state index contributed by atoms with van der Waals surface area (Å²) in [6.45, 7) is 6.89. The molecule has 94 valence electrons. The second-order valence-electron chi connectivity index (χ2n) is 4.63. The number of hydrogen-bond acceptors (Lipinski definition) is 3. The zero-order chi connectivity index (χ0) is 12.4. The fourth-order valence-electron chi connectivity index (χ4n) is 2.57. The van der Waals surface area contributed by atoms with Crippen molar-refractivity contribution in [3.05, 3.63) is 10.8 Å². The number of anilines is 2. The summed E-state index contributed by atoms with van der Waals surface area (Å²) in [7, 11) is 0. The molecule has 1 unspecified atom stereocenters. The van der Waals surface area contributed by atoms with E-state index in [1.165, 1.54) is 0 Å². The quantitative estimate of drug-likeness (QED) is 0.895. The Hall–Kier alpha value is -1.03. The first-order chi connectivity index (χ1) is 8.17. The highest BCUT2D eigenvalue weighted by Crippen LogP contribution is 2.36. The highest BCUT2D eigenvalue weighted by atomic mass is 32.1. The van der Waals surface area contributed by atoms with E-state index in [1.807, 2.05) is 10.3 Å². The van der Waals surface area contributed by atoms with Gasteiger partial charge in [-0.1, -0.05) is 26.7 Å². The van der Waals surface area contributed by atoms with Crippen molar-refractivity contribution < 1.29 is 4.79 Å². The van der Waals surface area contributed by atoms with E-state index in [2.05, 4.69) is 24.5 Å². The number of thiophene rings is 1. The van der Waals surface area contributed by atoms with Gasteiger partial charge in [-0.15, -0.1) is 11.3 Å². The lowest BCUT2D eigenvalue weighted by molar-refractivity contribution is -0.116. The second kappa shape index (κ2) is 5.08. The SMILES string of the molecule is CCC(CC)C1CN(C(C)=O)c2cscc2N1. The first kappa shape index (κ1) is 12.4. The number of hydrogen-bond donors (Lipinski definition) is 1. The summed E-state index contributed by atoms with van der Waals surface area (Å²) < 4.78 is 0. The predicted molar refractivity (Wildman–Crippen MR) is 73.8 cm³/mol. The van der Waals surface area contributed by atoms with Crippen LogP contribution in [0.2, 0.25) is 0 Å². The van der Waals surface area contributed by atoms with Crippen LogP contribution in [0.5, 0.6) is 0 Å².